The minimum Gasteiger partial charge on any atom is -0.521 e. The first-order chi connectivity index (χ1) is 3.89. The first-order valence-corrected chi connectivity index (χ1v) is 2.57. The summed E-state index contributed by atoms with van der Waals surface area (Å²) in [6, 6.07) is 0. The average Bonchev–Trinajstić information content (AvgIpc) is 2.24. The Labute approximate surface area is 71.2 Å². The number of hydrogen-bond acceptors (Lipinski definition) is 1. The van der Waals surface area contributed by atoms with E-state index in [2.05, 4.69) is 18.5 Å². The summed E-state index contributed by atoms with van der Waals surface area (Å²) in [4.78, 5) is 10.1. The number of nitrogens with one attached hydrogen (secondary N) is 1. The van der Waals surface area contributed by atoms with Crippen molar-refractivity contribution in [2.75, 3.05) is 6.54 Å². The Balaban J connectivity index is 0. The molecule has 0 aliphatic carbocycles. The van der Waals surface area contributed by atoms with Crippen molar-refractivity contribution in [2.45, 2.75) is 12.8 Å². The third-order valence-electron chi connectivity index (χ3n) is 0.903. The van der Waals surface area contributed by atoms with Gasteiger partial charge >= 0.3 is 22.4 Å². The van der Waals surface area contributed by atoms with Crippen LogP contribution in [0.15, 0.2) is 6.58 Å². The molecule has 0 bridgehead atoms. The molecule has 1 rings (SSSR count). The Bertz CT molecular complexity index is 77.1. The fourth-order valence-corrected chi connectivity index (χ4v) is 0.565. The number of carbonyl (C=O) groups excluding carboxylic acids is 1. The first kappa shape index (κ1) is 11.7. The molecule has 0 aromatic carbocycles. The van der Waals surface area contributed by atoms with E-state index in [1.54, 1.807) is 0 Å². The second-order valence-electron chi connectivity index (χ2n) is 1.45. The molecule has 0 radical (unpaired) electrons. The van der Waals surface area contributed by atoms with Crippen LogP contribution in [0.1, 0.15) is 12.8 Å². The van der Waals surface area contributed by atoms with Crippen LogP contribution in [0.2, 0.25) is 0 Å². The molecule has 0 aromatic rings. The summed E-state index contributed by atoms with van der Waals surface area (Å²) in [6.07, 6.45) is 1.76. The molecule has 56 valence electrons. The van der Waals surface area contributed by atoms with Crippen molar-refractivity contribution in [3.05, 3.63) is 13.2 Å². The van der Waals surface area contributed by atoms with Crippen LogP contribution in [-0.4, -0.2) is 12.5 Å². The molecule has 1 aliphatic heterocycles. The van der Waals surface area contributed by atoms with E-state index in [-0.39, 0.29) is 28.3 Å². The second kappa shape index (κ2) is 7.95. The molecule has 2 nitrogen and oxygen atoms in total. The van der Waals surface area contributed by atoms with Gasteiger partial charge in [-0.2, -0.15) is 0 Å². The van der Waals surface area contributed by atoms with Gasteiger partial charge in [-0.05, 0) is 6.42 Å². The normalized spacial score (nSPS) is 14.4. The van der Waals surface area contributed by atoms with Crippen molar-refractivity contribution >= 4 is 5.91 Å². The van der Waals surface area contributed by atoms with Crippen LogP contribution >= 0.6 is 0 Å². The first-order valence-electron chi connectivity index (χ1n) is 2.57. The van der Waals surface area contributed by atoms with Crippen molar-refractivity contribution in [1.29, 1.82) is 0 Å². The molecule has 1 fully saturated rings. The van der Waals surface area contributed by atoms with Gasteiger partial charge < -0.3 is 11.9 Å². The van der Waals surface area contributed by atoms with Gasteiger partial charge in [-0.3, -0.25) is 11.4 Å². The maximum absolute atomic E-state index is 10.1. The summed E-state index contributed by atoms with van der Waals surface area (Å²) in [6.45, 7) is 7.89. The van der Waals surface area contributed by atoms with E-state index in [9.17, 15) is 4.79 Å². The SMILES string of the molecule is O=C1CCCN1.[Ag+].[CH-]=C. The third kappa shape index (κ3) is 5.83. The summed E-state index contributed by atoms with van der Waals surface area (Å²) in [5.41, 5.74) is 0. The van der Waals surface area contributed by atoms with Crippen LogP contribution in [0, 0.1) is 6.58 Å². The zero-order chi connectivity index (χ0) is 6.41. The van der Waals surface area contributed by atoms with Crippen molar-refractivity contribution in [3.8, 4) is 0 Å². The molecule has 3 heteroatoms. The maximum Gasteiger partial charge on any atom is 1.00 e. The smallest absolute Gasteiger partial charge is 0.521 e. The standard InChI is InChI=1S/C4H7NO.C2H3.Ag/c6-4-2-1-3-5-4;1-2;/h1-3H2,(H,5,6);1H,2H2;/q;-1;+1. The Morgan fingerprint density at radius 2 is 2.11 bits per heavy atom. The molecule has 1 amide bonds. The van der Waals surface area contributed by atoms with Gasteiger partial charge in [0, 0.05) is 13.0 Å². The van der Waals surface area contributed by atoms with E-state index in [0.717, 1.165) is 19.4 Å². The Morgan fingerprint density at radius 3 is 2.22 bits per heavy atom. The van der Waals surface area contributed by atoms with E-state index in [0.29, 0.717) is 0 Å². The monoisotopic (exact) mass is 219 g/mol. The average molecular weight is 220 g/mol. The third-order valence-corrected chi connectivity index (χ3v) is 0.903. The predicted molar refractivity (Wildman–Crippen MR) is 32.2 cm³/mol. The van der Waals surface area contributed by atoms with Crippen LogP contribution in [0.5, 0.6) is 0 Å². The van der Waals surface area contributed by atoms with Gasteiger partial charge in [-0.25, -0.2) is 0 Å². The van der Waals surface area contributed by atoms with Crippen molar-refractivity contribution in [1.82, 2.24) is 5.32 Å². The van der Waals surface area contributed by atoms with E-state index in [1.165, 1.54) is 0 Å². The van der Waals surface area contributed by atoms with Crippen molar-refractivity contribution in [3.63, 3.8) is 0 Å². The number of carbonyl (C=O) groups is 1. The van der Waals surface area contributed by atoms with E-state index in [1.807, 2.05) is 0 Å². The fraction of sp³-hybridized carbons (Fsp3) is 0.500. The van der Waals surface area contributed by atoms with Gasteiger partial charge in [0.2, 0.25) is 5.91 Å². The van der Waals surface area contributed by atoms with Gasteiger partial charge in [0.25, 0.3) is 0 Å². The number of hydrogen-bond donors (Lipinski definition) is 1. The van der Waals surface area contributed by atoms with Gasteiger partial charge in [0.1, 0.15) is 0 Å². The Morgan fingerprint density at radius 1 is 1.56 bits per heavy atom. The van der Waals surface area contributed by atoms with Crippen LogP contribution in [-0.2, 0) is 27.2 Å². The fourth-order valence-electron chi connectivity index (χ4n) is 0.565. The van der Waals surface area contributed by atoms with Crippen LogP contribution in [0.25, 0.3) is 0 Å². The maximum atomic E-state index is 10.1. The second-order valence-corrected chi connectivity index (χ2v) is 1.45. The van der Waals surface area contributed by atoms with E-state index in [4.69, 9.17) is 0 Å². The molecule has 0 spiro atoms. The molecular weight excluding hydrogens is 210 g/mol. The van der Waals surface area contributed by atoms with E-state index < -0.39 is 0 Å². The molecule has 1 heterocycles. The molecule has 0 unspecified atom stereocenters. The quantitative estimate of drug-likeness (QED) is 0.467. The molecule has 9 heavy (non-hydrogen) atoms. The van der Waals surface area contributed by atoms with Gasteiger partial charge in [-0.1, -0.05) is 0 Å². The van der Waals surface area contributed by atoms with Crippen molar-refractivity contribution < 1.29 is 27.2 Å². The molecular formula is C6H10AgNO. The summed E-state index contributed by atoms with van der Waals surface area (Å²) < 4.78 is 0. The largest absolute Gasteiger partial charge is 1.00 e. The van der Waals surface area contributed by atoms with Crippen LogP contribution < -0.4 is 5.32 Å². The molecule has 0 saturated carbocycles. The predicted octanol–water partition coefficient (Wildman–Crippen LogP) is 0.499. The zero-order valence-corrected chi connectivity index (χ0v) is 6.60. The van der Waals surface area contributed by atoms with Gasteiger partial charge in [0.15, 0.2) is 0 Å². The zero-order valence-electron chi connectivity index (χ0n) is 5.12. The van der Waals surface area contributed by atoms with Gasteiger partial charge in [0.05, 0.1) is 0 Å². The summed E-state index contributed by atoms with van der Waals surface area (Å²) in [7, 11) is 0. The Hall–Kier alpha value is -0.0497. The molecule has 1 saturated heterocycles. The van der Waals surface area contributed by atoms with Crippen molar-refractivity contribution in [2.24, 2.45) is 0 Å². The van der Waals surface area contributed by atoms with E-state index >= 15 is 0 Å². The molecule has 0 atom stereocenters. The molecule has 1 N–H and O–H groups in total. The number of amides is 1. The molecule has 1 aliphatic rings. The molecule has 0 aromatic heterocycles. The minimum atomic E-state index is 0. The summed E-state index contributed by atoms with van der Waals surface area (Å²) >= 11 is 0. The van der Waals surface area contributed by atoms with Crippen LogP contribution in [0.4, 0.5) is 0 Å². The number of rotatable bonds is 0. The minimum absolute atomic E-state index is 0. The summed E-state index contributed by atoms with van der Waals surface area (Å²) in [5.74, 6) is 0.204. The van der Waals surface area contributed by atoms with Crippen LogP contribution in [0.3, 0.4) is 0 Å². The van der Waals surface area contributed by atoms with Gasteiger partial charge in [-0.15, -0.1) is 0 Å². The summed E-state index contributed by atoms with van der Waals surface area (Å²) in [5, 5.41) is 2.68. The topological polar surface area (TPSA) is 29.1 Å². The Kier molecular flexibility index (Phi) is 10.3.